The number of ether oxygens (including phenoxy) is 3. The summed E-state index contributed by atoms with van der Waals surface area (Å²) in [6, 6.07) is 0. The Balaban J connectivity index is 2.18. The topological polar surface area (TPSA) is 190 Å². The summed E-state index contributed by atoms with van der Waals surface area (Å²) in [5.41, 5.74) is 0. The zero-order chi connectivity index (χ0) is 18.2. The number of rotatable bonds is 4. The Kier molecular flexibility index (Phi) is 5.77. The lowest BCUT2D eigenvalue weighted by Gasteiger charge is -2.44. The molecular formula is C12H22O11. The molecule has 0 aliphatic carbocycles. The van der Waals surface area contributed by atoms with Gasteiger partial charge < -0.3 is 55.1 Å². The van der Waals surface area contributed by atoms with Crippen LogP contribution in [0.15, 0.2) is 0 Å². The van der Waals surface area contributed by atoms with Gasteiger partial charge in [-0.3, -0.25) is 0 Å². The molecule has 2 fully saturated rings. The molecule has 0 bridgehead atoms. The predicted octanol–water partition coefficient (Wildman–Crippen LogP) is -5.40. The zero-order valence-corrected chi connectivity index (χ0v) is 11.9. The Morgan fingerprint density at radius 3 is 1.70 bits per heavy atom. The third-order valence-electron chi connectivity index (χ3n) is 3.82. The number of aliphatic hydroxyl groups excluding tert-OH is 8. The van der Waals surface area contributed by atoms with Crippen molar-refractivity contribution in [2.24, 2.45) is 0 Å². The molecule has 2 aliphatic rings. The first-order valence-corrected chi connectivity index (χ1v) is 6.97. The summed E-state index contributed by atoms with van der Waals surface area (Å²) in [5.74, 6) is 0. The van der Waals surface area contributed by atoms with E-state index in [0.717, 1.165) is 0 Å². The summed E-state index contributed by atoms with van der Waals surface area (Å²) in [7, 11) is 0. The van der Waals surface area contributed by atoms with Gasteiger partial charge in [0, 0.05) is 0 Å². The van der Waals surface area contributed by atoms with Crippen LogP contribution < -0.4 is 0 Å². The second-order valence-electron chi connectivity index (χ2n) is 5.40. The standard InChI is InChI=1S/C12H22O11/c13-1-3-5(15)7(17)9(19)11(21-3)23-12-10(20)8(18)6(16)4(2-14)22-12/h3-20H,1-2H2/t3?,4?,5-,6-,7+,8?,9?,10?,11-,12+/m1/s1/i11D. The lowest BCUT2D eigenvalue weighted by atomic mass is 9.98. The van der Waals surface area contributed by atoms with Crippen LogP contribution in [-0.4, -0.2) is 115 Å². The van der Waals surface area contributed by atoms with E-state index in [1.807, 2.05) is 0 Å². The molecule has 2 heterocycles. The van der Waals surface area contributed by atoms with E-state index in [1.54, 1.807) is 0 Å². The fourth-order valence-corrected chi connectivity index (χ4v) is 2.36. The Morgan fingerprint density at radius 1 is 0.696 bits per heavy atom. The van der Waals surface area contributed by atoms with Crippen molar-refractivity contribution in [1.82, 2.24) is 0 Å². The zero-order valence-electron chi connectivity index (χ0n) is 12.9. The van der Waals surface area contributed by atoms with Gasteiger partial charge >= 0.3 is 0 Å². The maximum absolute atomic E-state index is 9.91. The third-order valence-corrected chi connectivity index (χ3v) is 3.82. The van der Waals surface area contributed by atoms with Crippen molar-refractivity contribution in [2.75, 3.05) is 13.2 Å². The molecule has 11 heteroatoms. The minimum absolute atomic E-state index is 0.736. The van der Waals surface area contributed by atoms with E-state index in [0.29, 0.717) is 0 Å². The average Bonchev–Trinajstić information content (AvgIpc) is 2.57. The number of hydrogen-bond acceptors (Lipinski definition) is 11. The number of hydrogen-bond donors (Lipinski definition) is 8. The molecule has 136 valence electrons. The van der Waals surface area contributed by atoms with Crippen LogP contribution in [0.1, 0.15) is 1.37 Å². The van der Waals surface area contributed by atoms with E-state index in [1.165, 1.54) is 0 Å². The second kappa shape index (κ2) is 7.63. The minimum Gasteiger partial charge on any atom is -0.394 e. The van der Waals surface area contributed by atoms with Gasteiger partial charge in [0.2, 0.25) is 0 Å². The quantitative estimate of drug-likeness (QED) is 0.243. The minimum atomic E-state index is -2.76. The van der Waals surface area contributed by atoms with Crippen molar-refractivity contribution in [3.63, 3.8) is 0 Å². The van der Waals surface area contributed by atoms with Crippen LogP contribution in [0, 0.1) is 0 Å². The third kappa shape index (κ3) is 3.65. The summed E-state index contributed by atoms with van der Waals surface area (Å²) in [5, 5.41) is 76.7. The van der Waals surface area contributed by atoms with Crippen molar-refractivity contribution in [3.8, 4) is 0 Å². The van der Waals surface area contributed by atoms with Gasteiger partial charge in [0.05, 0.1) is 14.6 Å². The van der Waals surface area contributed by atoms with E-state index in [2.05, 4.69) is 0 Å². The van der Waals surface area contributed by atoms with Crippen molar-refractivity contribution in [3.05, 3.63) is 0 Å². The molecular weight excluding hydrogens is 320 g/mol. The molecule has 8 N–H and O–H groups in total. The van der Waals surface area contributed by atoms with Crippen LogP contribution in [-0.2, 0) is 14.2 Å². The van der Waals surface area contributed by atoms with Crippen LogP contribution in [0.25, 0.3) is 0 Å². The van der Waals surface area contributed by atoms with E-state index in [9.17, 15) is 30.6 Å². The van der Waals surface area contributed by atoms with Crippen molar-refractivity contribution in [2.45, 2.75) is 61.4 Å². The van der Waals surface area contributed by atoms with E-state index in [4.69, 9.17) is 25.8 Å². The fourth-order valence-electron chi connectivity index (χ4n) is 2.36. The molecule has 0 spiro atoms. The highest BCUT2D eigenvalue weighted by Crippen LogP contribution is 2.27. The van der Waals surface area contributed by atoms with Gasteiger partial charge in [0.25, 0.3) is 0 Å². The summed E-state index contributed by atoms with van der Waals surface area (Å²) in [6.07, 6.45) is -18.4. The van der Waals surface area contributed by atoms with Crippen LogP contribution in [0.2, 0.25) is 0 Å². The highest BCUT2D eigenvalue weighted by atomic mass is 16.8. The lowest BCUT2D eigenvalue weighted by molar-refractivity contribution is -0.376. The first kappa shape index (κ1) is 17.4. The summed E-state index contributed by atoms with van der Waals surface area (Å²) >= 11 is 0. The smallest absolute Gasteiger partial charge is 0.189 e. The van der Waals surface area contributed by atoms with E-state index < -0.39 is 74.6 Å². The molecule has 0 saturated carbocycles. The normalized spacial score (nSPS) is 55.5. The maximum atomic E-state index is 9.91. The Bertz CT molecular complexity index is 424. The van der Waals surface area contributed by atoms with Crippen LogP contribution in [0.3, 0.4) is 0 Å². The molecule has 10 atom stereocenters. The molecule has 0 aromatic heterocycles. The van der Waals surface area contributed by atoms with Crippen LogP contribution in [0.5, 0.6) is 0 Å². The summed E-state index contributed by atoms with van der Waals surface area (Å²) < 4.78 is 22.9. The Labute approximate surface area is 132 Å². The van der Waals surface area contributed by atoms with Gasteiger partial charge in [-0.15, -0.1) is 0 Å². The highest BCUT2D eigenvalue weighted by Gasteiger charge is 2.49. The maximum Gasteiger partial charge on any atom is 0.189 e. The van der Waals surface area contributed by atoms with E-state index >= 15 is 0 Å². The molecule has 0 aromatic rings. The van der Waals surface area contributed by atoms with Gasteiger partial charge in [0.1, 0.15) is 48.8 Å². The second-order valence-corrected chi connectivity index (χ2v) is 5.40. The average molecular weight is 343 g/mol. The monoisotopic (exact) mass is 343 g/mol. The molecule has 23 heavy (non-hydrogen) atoms. The largest absolute Gasteiger partial charge is 0.394 e. The predicted molar refractivity (Wildman–Crippen MR) is 68.6 cm³/mol. The van der Waals surface area contributed by atoms with Crippen LogP contribution in [0.4, 0.5) is 0 Å². The Hall–Kier alpha value is -0.440. The molecule has 0 radical (unpaired) electrons. The SMILES string of the molecule is [2H][C@]1(O[C@@H]2OC(CO)[C@@H](O)C(O)C2O)OC(CO)[C@@H](O)[C@H](O)C1O. The molecule has 2 aliphatic heterocycles. The molecule has 11 nitrogen and oxygen atoms in total. The first-order valence-electron chi connectivity index (χ1n) is 7.47. The molecule has 2 rings (SSSR count). The molecule has 2 saturated heterocycles. The van der Waals surface area contributed by atoms with Gasteiger partial charge in [-0.05, 0) is 0 Å². The van der Waals surface area contributed by atoms with Crippen molar-refractivity contribution in [1.29, 1.82) is 0 Å². The summed E-state index contributed by atoms with van der Waals surface area (Å²) in [4.78, 5) is 0. The molecule has 0 aromatic carbocycles. The van der Waals surface area contributed by atoms with Gasteiger partial charge in [-0.25, -0.2) is 0 Å². The molecule has 5 unspecified atom stereocenters. The van der Waals surface area contributed by atoms with Crippen LogP contribution >= 0.6 is 0 Å². The highest BCUT2D eigenvalue weighted by molar-refractivity contribution is 4.92. The van der Waals surface area contributed by atoms with E-state index in [-0.39, 0.29) is 0 Å². The summed E-state index contributed by atoms with van der Waals surface area (Å²) in [6.45, 7) is -1.54. The van der Waals surface area contributed by atoms with Crippen molar-refractivity contribution >= 4 is 0 Å². The number of aliphatic hydroxyl groups is 8. The Morgan fingerprint density at radius 2 is 1.17 bits per heavy atom. The van der Waals surface area contributed by atoms with Gasteiger partial charge in [-0.1, -0.05) is 0 Å². The first-order chi connectivity index (χ1) is 11.2. The lowest BCUT2D eigenvalue weighted by Crippen LogP contribution is -2.63. The van der Waals surface area contributed by atoms with Gasteiger partial charge in [0.15, 0.2) is 12.6 Å². The molecule has 0 amide bonds. The van der Waals surface area contributed by atoms with Crippen molar-refractivity contribution < 1.29 is 56.4 Å². The fraction of sp³-hybridized carbons (Fsp3) is 1.00. The van der Waals surface area contributed by atoms with Gasteiger partial charge in [-0.2, -0.15) is 0 Å².